The number of anilines is 1. The lowest BCUT2D eigenvalue weighted by molar-refractivity contribution is -0.126. The fraction of sp³-hybridized carbons (Fsp3) is 0.231. The summed E-state index contributed by atoms with van der Waals surface area (Å²) in [5, 5.41) is 2.68. The van der Waals surface area contributed by atoms with Crippen LogP contribution in [-0.2, 0) is 26.0 Å². The van der Waals surface area contributed by atoms with Crippen LogP contribution < -0.4 is 24.4 Å². The predicted octanol–water partition coefficient (Wildman–Crippen LogP) is 2.37. The molecule has 3 rings (SSSR count). The average Bonchev–Trinajstić information content (AvgIpc) is 2.91. The first-order valence-electron chi connectivity index (χ1n) is 11.1. The first kappa shape index (κ1) is 26.7. The van der Waals surface area contributed by atoms with Crippen LogP contribution in [0.25, 0.3) is 0 Å². The van der Waals surface area contributed by atoms with E-state index >= 15 is 0 Å². The number of hydrogen-bond donors (Lipinski definition) is 2. The van der Waals surface area contributed by atoms with Crippen molar-refractivity contribution in [3.8, 4) is 11.5 Å². The largest absolute Gasteiger partial charge is 0.497 e. The molecule has 2 amide bonds. The summed E-state index contributed by atoms with van der Waals surface area (Å²) in [7, 11) is 0.708. The lowest BCUT2D eigenvalue weighted by atomic mass is 10.0. The summed E-state index contributed by atoms with van der Waals surface area (Å²) in [5.41, 5.74) is 1.46. The highest BCUT2D eigenvalue weighted by molar-refractivity contribution is 7.89. The van der Waals surface area contributed by atoms with Crippen LogP contribution in [0.2, 0.25) is 0 Å². The Labute approximate surface area is 211 Å². The van der Waals surface area contributed by atoms with Gasteiger partial charge < -0.3 is 19.7 Å². The van der Waals surface area contributed by atoms with Crippen molar-refractivity contribution in [3.63, 3.8) is 0 Å². The van der Waals surface area contributed by atoms with Gasteiger partial charge in [-0.05, 0) is 54.1 Å². The Morgan fingerprint density at radius 2 is 1.42 bits per heavy atom. The van der Waals surface area contributed by atoms with E-state index in [-0.39, 0.29) is 17.2 Å². The van der Waals surface area contributed by atoms with Crippen molar-refractivity contribution in [1.29, 1.82) is 0 Å². The molecule has 2 N–H and O–H groups in total. The van der Waals surface area contributed by atoms with Crippen LogP contribution in [0.3, 0.4) is 0 Å². The van der Waals surface area contributed by atoms with Crippen LogP contribution in [0.4, 0.5) is 5.69 Å². The van der Waals surface area contributed by atoms with Crippen molar-refractivity contribution in [2.45, 2.75) is 17.4 Å². The number of sulfonamides is 1. The van der Waals surface area contributed by atoms with Gasteiger partial charge in [-0.2, -0.15) is 0 Å². The molecule has 0 saturated carbocycles. The first-order valence-corrected chi connectivity index (χ1v) is 12.6. The second kappa shape index (κ2) is 12.2. The van der Waals surface area contributed by atoms with Crippen LogP contribution in [0.15, 0.2) is 83.8 Å². The van der Waals surface area contributed by atoms with Crippen LogP contribution in [0.1, 0.15) is 5.56 Å². The molecule has 3 aromatic carbocycles. The fourth-order valence-electron chi connectivity index (χ4n) is 3.46. The van der Waals surface area contributed by atoms with Crippen molar-refractivity contribution < 1.29 is 27.5 Å². The normalized spacial score (nSPS) is 11.9. The van der Waals surface area contributed by atoms with Gasteiger partial charge >= 0.3 is 0 Å². The number of carbonyl (C=O) groups is 2. The average molecular weight is 512 g/mol. The predicted molar refractivity (Wildman–Crippen MR) is 137 cm³/mol. The Bertz CT molecular complexity index is 1260. The van der Waals surface area contributed by atoms with E-state index in [1.54, 1.807) is 38.4 Å². The lowest BCUT2D eigenvalue weighted by Gasteiger charge is -2.25. The number of likely N-dealkylation sites (N-methyl/N-ethyl adjacent to an activating group) is 1. The fourth-order valence-corrected chi connectivity index (χ4v) is 4.44. The third-order valence-corrected chi connectivity index (χ3v) is 6.92. The number of carbonyl (C=O) groups excluding carboxylic acids is 2. The van der Waals surface area contributed by atoms with E-state index in [0.717, 1.165) is 5.56 Å². The highest BCUT2D eigenvalue weighted by Crippen LogP contribution is 2.19. The molecular weight excluding hydrogens is 482 g/mol. The maximum absolute atomic E-state index is 13.4. The van der Waals surface area contributed by atoms with Gasteiger partial charge in [0.1, 0.15) is 17.5 Å². The van der Waals surface area contributed by atoms with Crippen LogP contribution >= 0.6 is 0 Å². The van der Waals surface area contributed by atoms with Crippen molar-refractivity contribution in [2.75, 3.05) is 32.7 Å². The Morgan fingerprint density at radius 1 is 0.861 bits per heavy atom. The third kappa shape index (κ3) is 7.06. The van der Waals surface area contributed by atoms with E-state index in [0.29, 0.717) is 17.2 Å². The molecule has 1 atom stereocenters. The maximum atomic E-state index is 13.4. The molecule has 0 aliphatic carbocycles. The standard InChI is InChI=1S/C26H29N3O6S/c1-29(20-9-11-21(34-2)12-10-20)26(31)24(17-19-7-5-4-6-8-19)28-25(30)18-27-36(32,33)23-15-13-22(35-3)14-16-23/h4-16,24,27H,17-18H2,1-3H3,(H,28,30)/t24-/m0/s1. The van der Waals surface area contributed by atoms with E-state index in [1.807, 2.05) is 30.3 Å². The monoisotopic (exact) mass is 511 g/mol. The summed E-state index contributed by atoms with van der Waals surface area (Å²) in [5.74, 6) is 0.174. The minimum Gasteiger partial charge on any atom is -0.497 e. The molecule has 36 heavy (non-hydrogen) atoms. The van der Waals surface area contributed by atoms with Crippen LogP contribution in [0.5, 0.6) is 11.5 Å². The Kier molecular flexibility index (Phi) is 9.04. The molecule has 0 saturated heterocycles. The Morgan fingerprint density at radius 3 is 1.97 bits per heavy atom. The van der Waals surface area contributed by atoms with E-state index in [1.165, 1.54) is 36.3 Å². The second-order valence-electron chi connectivity index (χ2n) is 7.91. The van der Waals surface area contributed by atoms with Gasteiger partial charge in [-0.3, -0.25) is 9.59 Å². The van der Waals surface area contributed by atoms with Gasteiger partial charge in [0.15, 0.2) is 0 Å². The Balaban J connectivity index is 1.72. The van der Waals surface area contributed by atoms with Crippen molar-refractivity contribution in [3.05, 3.63) is 84.4 Å². The number of hydrogen-bond acceptors (Lipinski definition) is 6. The molecule has 10 heteroatoms. The molecule has 0 radical (unpaired) electrons. The van der Waals surface area contributed by atoms with E-state index in [9.17, 15) is 18.0 Å². The van der Waals surface area contributed by atoms with Gasteiger partial charge in [0.2, 0.25) is 21.8 Å². The number of ether oxygens (including phenoxy) is 2. The van der Waals surface area contributed by atoms with Crippen molar-refractivity contribution in [1.82, 2.24) is 10.0 Å². The first-order chi connectivity index (χ1) is 17.2. The third-order valence-electron chi connectivity index (χ3n) is 5.50. The van der Waals surface area contributed by atoms with Crippen LogP contribution in [-0.4, -0.2) is 54.1 Å². The molecule has 3 aromatic rings. The lowest BCUT2D eigenvalue weighted by Crippen LogP contribution is -2.51. The summed E-state index contributed by atoms with van der Waals surface area (Å²) in [6.07, 6.45) is 0.233. The van der Waals surface area contributed by atoms with Gasteiger partial charge in [-0.15, -0.1) is 0 Å². The molecule has 9 nitrogen and oxygen atoms in total. The number of methoxy groups -OCH3 is 2. The molecule has 0 aliphatic heterocycles. The van der Waals surface area contributed by atoms with Crippen molar-refractivity contribution >= 4 is 27.5 Å². The highest BCUT2D eigenvalue weighted by atomic mass is 32.2. The molecule has 0 spiro atoms. The molecule has 0 heterocycles. The number of amides is 2. The minimum atomic E-state index is -3.93. The molecule has 0 fully saturated rings. The van der Waals surface area contributed by atoms with Gasteiger partial charge in [-0.1, -0.05) is 30.3 Å². The zero-order valence-electron chi connectivity index (χ0n) is 20.3. The SMILES string of the molecule is COc1ccc(N(C)C(=O)[C@H](Cc2ccccc2)NC(=O)CNS(=O)(=O)c2ccc(OC)cc2)cc1. The molecule has 0 unspecified atom stereocenters. The topological polar surface area (TPSA) is 114 Å². The number of benzene rings is 3. The maximum Gasteiger partial charge on any atom is 0.249 e. The van der Waals surface area contributed by atoms with Crippen LogP contribution in [0, 0.1) is 0 Å². The van der Waals surface area contributed by atoms with Gasteiger partial charge in [0.25, 0.3) is 0 Å². The van der Waals surface area contributed by atoms with E-state index in [2.05, 4.69) is 10.0 Å². The quantitative estimate of drug-likeness (QED) is 0.409. The zero-order chi connectivity index (χ0) is 26.1. The van der Waals surface area contributed by atoms with Gasteiger partial charge in [0, 0.05) is 19.2 Å². The molecular formula is C26H29N3O6S. The molecule has 190 valence electrons. The van der Waals surface area contributed by atoms with E-state index < -0.39 is 28.5 Å². The van der Waals surface area contributed by atoms with Gasteiger partial charge in [-0.25, -0.2) is 13.1 Å². The highest BCUT2D eigenvalue weighted by Gasteiger charge is 2.26. The number of rotatable bonds is 11. The summed E-state index contributed by atoms with van der Waals surface area (Å²) in [6, 6.07) is 21.1. The minimum absolute atomic E-state index is 0.00717. The molecule has 0 bridgehead atoms. The zero-order valence-corrected chi connectivity index (χ0v) is 21.1. The smallest absolute Gasteiger partial charge is 0.249 e. The second-order valence-corrected chi connectivity index (χ2v) is 9.67. The van der Waals surface area contributed by atoms with E-state index in [4.69, 9.17) is 9.47 Å². The molecule has 0 aliphatic rings. The number of nitrogens with zero attached hydrogens (tertiary/aromatic N) is 1. The summed E-state index contributed by atoms with van der Waals surface area (Å²) >= 11 is 0. The molecule has 0 aromatic heterocycles. The van der Waals surface area contributed by atoms with Crippen molar-refractivity contribution in [2.24, 2.45) is 0 Å². The Hall–Kier alpha value is -3.89. The summed E-state index contributed by atoms with van der Waals surface area (Å²) in [4.78, 5) is 27.5. The summed E-state index contributed by atoms with van der Waals surface area (Å²) < 4.78 is 37.6. The summed E-state index contributed by atoms with van der Waals surface area (Å²) in [6.45, 7) is -0.529. The number of nitrogens with one attached hydrogen (secondary N) is 2. The van der Waals surface area contributed by atoms with Gasteiger partial charge in [0.05, 0.1) is 25.7 Å².